The Kier molecular flexibility index (Phi) is 4.84. The Morgan fingerprint density at radius 1 is 1.33 bits per heavy atom. The third-order valence-corrected chi connectivity index (χ3v) is 4.64. The molecule has 7 heteroatoms. The molecule has 0 radical (unpaired) electrons. The molecule has 1 heterocycles. The highest BCUT2D eigenvalue weighted by Gasteiger charge is 2.21. The number of carbonyl (C=O) groups is 1. The average Bonchev–Trinajstić information content (AvgIpc) is 2.68. The number of carbonyl (C=O) groups excluding carboxylic acids is 1. The molecule has 1 amide bonds. The minimum absolute atomic E-state index is 0.0597. The highest BCUT2D eigenvalue weighted by molar-refractivity contribution is 7.90. The fourth-order valence-corrected chi connectivity index (χ4v) is 2.97. The molecule has 3 N–H and O–H groups in total. The summed E-state index contributed by atoms with van der Waals surface area (Å²) in [5.74, 6) is -0.401. The van der Waals surface area contributed by atoms with E-state index in [0.29, 0.717) is 0 Å². The van der Waals surface area contributed by atoms with Crippen LogP contribution < -0.4 is 10.6 Å². The van der Waals surface area contributed by atoms with Gasteiger partial charge in [-0.2, -0.15) is 0 Å². The predicted molar refractivity (Wildman–Crippen MR) is 80.1 cm³/mol. The van der Waals surface area contributed by atoms with Crippen LogP contribution in [0.3, 0.4) is 0 Å². The minimum Gasteiger partial charge on any atom is -0.506 e. The largest absolute Gasteiger partial charge is 0.506 e. The number of hydrogen-bond acceptors (Lipinski definition) is 5. The second-order valence-corrected chi connectivity index (χ2v) is 7.31. The van der Waals surface area contributed by atoms with E-state index in [4.69, 9.17) is 0 Å². The molecular formula is C14H20N2O4S. The molecule has 2 rings (SSSR count). The van der Waals surface area contributed by atoms with Gasteiger partial charge in [0.2, 0.25) is 5.91 Å². The Morgan fingerprint density at radius 3 is 2.81 bits per heavy atom. The van der Waals surface area contributed by atoms with Crippen molar-refractivity contribution >= 4 is 21.4 Å². The molecule has 0 bridgehead atoms. The highest BCUT2D eigenvalue weighted by Crippen LogP contribution is 2.26. The number of phenolic OH excluding ortho intramolecular Hbond substituents is 1. The molecule has 1 fully saturated rings. The molecule has 1 aliphatic rings. The van der Waals surface area contributed by atoms with Crippen molar-refractivity contribution in [3.63, 3.8) is 0 Å². The normalized spacial score (nSPS) is 19.8. The van der Waals surface area contributed by atoms with Gasteiger partial charge in [0.25, 0.3) is 0 Å². The quantitative estimate of drug-likeness (QED) is 0.731. The zero-order valence-electron chi connectivity index (χ0n) is 11.9. The van der Waals surface area contributed by atoms with Gasteiger partial charge in [-0.05, 0) is 37.6 Å². The molecule has 0 aromatic heterocycles. The topological polar surface area (TPSA) is 95.5 Å². The molecule has 1 aromatic carbocycles. The van der Waals surface area contributed by atoms with Crippen LogP contribution >= 0.6 is 0 Å². The Bertz CT molecular complexity index is 620. The molecule has 6 nitrogen and oxygen atoms in total. The number of anilines is 1. The number of hydrogen-bond donors (Lipinski definition) is 3. The Labute approximate surface area is 124 Å². The maximum absolute atomic E-state index is 12.2. The number of phenols is 1. The van der Waals surface area contributed by atoms with E-state index in [0.717, 1.165) is 38.5 Å². The van der Waals surface area contributed by atoms with Gasteiger partial charge in [-0.25, -0.2) is 8.42 Å². The minimum atomic E-state index is -3.39. The van der Waals surface area contributed by atoms with Gasteiger partial charge >= 0.3 is 0 Å². The maximum Gasteiger partial charge on any atom is 0.241 e. The molecule has 21 heavy (non-hydrogen) atoms. The summed E-state index contributed by atoms with van der Waals surface area (Å²) in [5, 5.41) is 15.5. The summed E-state index contributed by atoms with van der Waals surface area (Å²) in [7, 11) is -3.39. The molecule has 1 saturated heterocycles. The second kappa shape index (κ2) is 6.44. The first kappa shape index (κ1) is 15.8. The summed E-state index contributed by atoms with van der Waals surface area (Å²) >= 11 is 0. The Hall–Kier alpha value is -1.60. The van der Waals surface area contributed by atoms with Gasteiger partial charge in [0, 0.05) is 6.26 Å². The van der Waals surface area contributed by atoms with Crippen LogP contribution in [0.15, 0.2) is 23.1 Å². The number of benzene rings is 1. The van der Waals surface area contributed by atoms with Gasteiger partial charge < -0.3 is 15.7 Å². The maximum atomic E-state index is 12.2. The first-order valence-corrected chi connectivity index (χ1v) is 8.84. The van der Waals surface area contributed by atoms with Crippen molar-refractivity contribution in [2.75, 3.05) is 18.1 Å². The second-order valence-electron chi connectivity index (χ2n) is 5.30. The summed E-state index contributed by atoms with van der Waals surface area (Å²) in [6, 6.07) is 3.55. The average molecular weight is 312 g/mol. The van der Waals surface area contributed by atoms with Gasteiger partial charge in [-0.15, -0.1) is 0 Å². The van der Waals surface area contributed by atoms with Crippen molar-refractivity contribution in [1.82, 2.24) is 5.32 Å². The summed E-state index contributed by atoms with van der Waals surface area (Å²) in [5.41, 5.74) is 0.119. The molecule has 0 aliphatic carbocycles. The van der Waals surface area contributed by atoms with E-state index < -0.39 is 9.84 Å². The van der Waals surface area contributed by atoms with Gasteiger partial charge in [-0.1, -0.05) is 12.8 Å². The SMILES string of the molecule is CS(=O)(=O)c1ccc(O)c(NC(=O)C2CCCCCN2)c1. The van der Waals surface area contributed by atoms with Crippen LogP contribution in [0.4, 0.5) is 5.69 Å². The van der Waals surface area contributed by atoms with E-state index in [2.05, 4.69) is 10.6 Å². The van der Waals surface area contributed by atoms with Gasteiger partial charge in [0.05, 0.1) is 16.6 Å². The number of amides is 1. The summed E-state index contributed by atoms with van der Waals surface area (Å²) < 4.78 is 23.0. The van der Waals surface area contributed by atoms with E-state index in [-0.39, 0.29) is 28.3 Å². The van der Waals surface area contributed by atoms with Crippen molar-refractivity contribution in [1.29, 1.82) is 0 Å². The fourth-order valence-electron chi connectivity index (χ4n) is 2.32. The lowest BCUT2D eigenvalue weighted by Gasteiger charge is -2.16. The van der Waals surface area contributed by atoms with Crippen LogP contribution in [-0.4, -0.2) is 38.3 Å². The first-order valence-electron chi connectivity index (χ1n) is 6.95. The van der Waals surface area contributed by atoms with Crippen molar-refractivity contribution in [2.45, 2.75) is 36.6 Å². The van der Waals surface area contributed by atoms with E-state index in [1.165, 1.54) is 18.2 Å². The number of nitrogens with one attached hydrogen (secondary N) is 2. The van der Waals surface area contributed by atoms with Crippen molar-refractivity contribution in [3.05, 3.63) is 18.2 Å². The Morgan fingerprint density at radius 2 is 2.10 bits per heavy atom. The summed E-state index contributed by atoms with van der Waals surface area (Å²) in [6.45, 7) is 0.785. The molecule has 1 aromatic rings. The first-order chi connectivity index (χ1) is 9.88. The van der Waals surface area contributed by atoms with Crippen molar-refractivity contribution in [2.24, 2.45) is 0 Å². The zero-order chi connectivity index (χ0) is 15.5. The number of aromatic hydroxyl groups is 1. The molecule has 0 spiro atoms. The van der Waals surface area contributed by atoms with Gasteiger partial charge in [0.1, 0.15) is 5.75 Å². The third-order valence-electron chi connectivity index (χ3n) is 3.53. The number of sulfone groups is 1. The van der Waals surface area contributed by atoms with Crippen molar-refractivity contribution < 1.29 is 18.3 Å². The lowest BCUT2D eigenvalue weighted by molar-refractivity contribution is -0.118. The standard InChI is InChI=1S/C14H20N2O4S/c1-21(19,20)10-6-7-13(17)12(9-10)16-14(18)11-5-3-2-4-8-15-11/h6-7,9,11,15,17H,2-5,8H2,1H3,(H,16,18). The fraction of sp³-hybridized carbons (Fsp3) is 0.500. The third kappa shape index (κ3) is 4.18. The molecule has 116 valence electrons. The smallest absolute Gasteiger partial charge is 0.241 e. The molecule has 0 saturated carbocycles. The van der Waals surface area contributed by atoms with Crippen LogP contribution in [0.25, 0.3) is 0 Å². The lowest BCUT2D eigenvalue weighted by Crippen LogP contribution is -2.39. The lowest BCUT2D eigenvalue weighted by atomic mass is 10.1. The van der Waals surface area contributed by atoms with Crippen LogP contribution in [-0.2, 0) is 14.6 Å². The van der Waals surface area contributed by atoms with Gasteiger partial charge in [0.15, 0.2) is 9.84 Å². The Balaban J connectivity index is 2.16. The van der Waals surface area contributed by atoms with Crippen LogP contribution in [0.5, 0.6) is 5.75 Å². The van der Waals surface area contributed by atoms with Crippen molar-refractivity contribution in [3.8, 4) is 5.75 Å². The number of rotatable bonds is 3. The van der Waals surface area contributed by atoms with E-state index >= 15 is 0 Å². The van der Waals surface area contributed by atoms with E-state index in [1.807, 2.05) is 0 Å². The molecular weight excluding hydrogens is 292 g/mol. The predicted octanol–water partition coefficient (Wildman–Crippen LogP) is 1.27. The zero-order valence-corrected chi connectivity index (χ0v) is 12.7. The molecule has 1 atom stereocenters. The molecule has 1 aliphatic heterocycles. The van der Waals surface area contributed by atoms with Crippen LogP contribution in [0.2, 0.25) is 0 Å². The monoisotopic (exact) mass is 312 g/mol. The van der Waals surface area contributed by atoms with E-state index in [9.17, 15) is 18.3 Å². The van der Waals surface area contributed by atoms with Gasteiger partial charge in [-0.3, -0.25) is 4.79 Å². The van der Waals surface area contributed by atoms with Crippen LogP contribution in [0, 0.1) is 0 Å². The highest BCUT2D eigenvalue weighted by atomic mass is 32.2. The van der Waals surface area contributed by atoms with Crippen LogP contribution in [0.1, 0.15) is 25.7 Å². The summed E-state index contributed by atoms with van der Waals surface area (Å²) in [6.07, 6.45) is 4.92. The van der Waals surface area contributed by atoms with E-state index in [1.54, 1.807) is 0 Å². The molecule has 1 unspecified atom stereocenters. The summed E-state index contributed by atoms with van der Waals surface area (Å²) in [4.78, 5) is 12.3.